The zero-order chi connectivity index (χ0) is 22.1. The average molecular weight is 412 g/mol. The van der Waals surface area contributed by atoms with Gasteiger partial charge in [0.25, 0.3) is 0 Å². The highest BCUT2D eigenvalue weighted by atomic mass is 16.5. The zero-order valence-electron chi connectivity index (χ0n) is 17.7. The van der Waals surface area contributed by atoms with Gasteiger partial charge in [-0.05, 0) is 69.7 Å². The van der Waals surface area contributed by atoms with Crippen molar-refractivity contribution in [1.82, 2.24) is 10.6 Å². The minimum atomic E-state index is -0.920. The van der Waals surface area contributed by atoms with Gasteiger partial charge in [0.1, 0.15) is 5.75 Å². The lowest BCUT2D eigenvalue weighted by Crippen LogP contribution is -2.39. The van der Waals surface area contributed by atoms with Crippen LogP contribution in [0, 0.1) is 0 Å². The Kier molecular flexibility index (Phi) is 8.41. The van der Waals surface area contributed by atoms with E-state index in [1.165, 1.54) is 0 Å². The van der Waals surface area contributed by atoms with Crippen molar-refractivity contribution in [3.05, 3.63) is 65.2 Å². The quantitative estimate of drug-likeness (QED) is 0.484. The van der Waals surface area contributed by atoms with Crippen molar-refractivity contribution in [1.29, 1.82) is 0 Å². The number of nitrogens with one attached hydrogen (secondary N) is 2. The molecule has 0 fully saturated rings. The summed E-state index contributed by atoms with van der Waals surface area (Å²) in [7, 11) is 0. The highest BCUT2D eigenvalue weighted by molar-refractivity contribution is 6.01. The number of ketones is 1. The van der Waals surface area contributed by atoms with Crippen LogP contribution in [-0.2, 0) is 11.3 Å². The van der Waals surface area contributed by atoms with E-state index in [9.17, 15) is 14.4 Å². The molecule has 7 heteroatoms. The van der Waals surface area contributed by atoms with E-state index in [1.807, 2.05) is 20.8 Å². The highest BCUT2D eigenvalue weighted by Crippen LogP contribution is 2.15. The summed E-state index contributed by atoms with van der Waals surface area (Å²) < 4.78 is 10.7. The topological polar surface area (TPSA) is 93.7 Å². The molecule has 2 rings (SSSR count). The molecule has 30 heavy (non-hydrogen) atoms. The monoisotopic (exact) mass is 412 g/mol. The van der Waals surface area contributed by atoms with Crippen LogP contribution < -0.4 is 15.4 Å². The summed E-state index contributed by atoms with van der Waals surface area (Å²) in [6, 6.07) is 13.2. The summed E-state index contributed by atoms with van der Waals surface area (Å²) >= 11 is 0. The summed E-state index contributed by atoms with van der Waals surface area (Å²) in [5, 5.41) is 5.47. The van der Waals surface area contributed by atoms with Gasteiger partial charge in [0.05, 0.1) is 12.2 Å². The lowest BCUT2D eigenvalue weighted by molar-refractivity contribution is 0.0318. The fourth-order valence-electron chi connectivity index (χ4n) is 2.65. The zero-order valence-corrected chi connectivity index (χ0v) is 17.7. The van der Waals surface area contributed by atoms with Crippen LogP contribution in [0.3, 0.4) is 0 Å². The van der Waals surface area contributed by atoms with E-state index in [4.69, 9.17) is 9.47 Å². The Morgan fingerprint density at radius 1 is 0.900 bits per heavy atom. The van der Waals surface area contributed by atoms with E-state index >= 15 is 0 Å². The third-order valence-electron chi connectivity index (χ3n) is 4.17. The molecule has 0 saturated carbocycles. The summed E-state index contributed by atoms with van der Waals surface area (Å²) in [5.74, 6) is -0.197. The smallest absolute Gasteiger partial charge is 0.338 e. The van der Waals surface area contributed by atoms with Gasteiger partial charge in [0, 0.05) is 18.2 Å². The van der Waals surface area contributed by atoms with E-state index in [-0.39, 0.29) is 17.9 Å². The normalized spacial score (nSPS) is 11.5. The number of amides is 2. The highest BCUT2D eigenvalue weighted by Gasteiger charge is 2.20. The molecule has 7 nitrogen and oxygen atoms in total. The van der Waals surface area contributed by atoms with E-state index in [2.05, 4.69) is 10.6 Å². The summed E-state index contributed by atoms with van der Waals surface area (Å²) in [5.41, 5.74) is 1.61. The second kappa shape index (κ2) is 11.0. The van der Waals surface area contributed by atoms with Crippen molar-refractivity contribution < 1.29 is 23.9 Å². The average Bonchev–Trinajstić information content (AvgIpc) is 2.72. The Balaban J connectivity index is 1.90. The number of hydrogen-bond acceptors (Lipinski definition) is 5. The second-order valence-electron chi connectivity index (χ2n) is 7.05. The number of carbonyl (C=O) groups excluding carboxylic acids is 3. The molecule has 2 N–H and O–H groups in total. The number of esters is 1. The fraction of sp³-hybridized carbons (Fsp3) is 0.348. The first-order valence-corrected chi connectivity index (χ1v) is 9.91. The summed E-state index contributed by atoms with van der Waals surface area (Å²) in [6.07, 6.45) is -0.920. The third kappa shape index (κ3) is 6.92. The standard InChI is InChI=1S/C23H28N2O5/c1-5-29-20-12-10-18(11-13-20)21(26)16(4)30-22(27)19-8-6-17(7-9-19)14-24-23(28)25-15(2)3/h6-13,15-16H,5,14H2,1-4H3,(H2,24,25,28)/t16-/m1/s1. The minimum Gasteiger partial charge on any atom is -0.494 e. The fourth-order valence-corrected chi connectivity index (χ4v) is 2.65. The Morgan fingerprint density at radius 2 is 1.50 bits per heavy atom. The Hall–Kier alpha value is -3.35. The molecule has 0 radical (unpaired) electrons. The van der Waals surface area contributed by atoms with E-state index in [0.29, 0.717) is 30.0 Å². The van der Waals surface area contributed by atoms with Crippen molar-refractivity contribution in [2.75, 3.05) is 6.61 Å². The van der Waals surface area contributed by atoms with E-state index < -0.39 is 12.1 Å². The van der Waals surface area contributed by atoms with Gasteiger partial charge in [0.15, 0.2) is 6.10 Å². The molecular formula is C23H28N2O5. The van der Waals surface area contributed by atoms with Crippen LogP contribution in [0.15, 0.2) is 48.5 Å². The molecule has 1 atom stereocenters. The number of ether oxygens (including phenoxy) is 2. The largest absolute Gasteiger partial charge is 0.494 e. The number of benzene rings is 2. The first-order valence-electron chi connectivity index (χ1n) is 9.91. The Labute approximate surface area is 176 Å². The molecular weight excluding hydrogens is 384 g/mol. The van der Waals surface area contributed by atoms with E-state index in [0.717, 1.165) is 5.56 Å². The number of rotatable bonds is 9. The molecule has 2 aromatic rings. The van der Waals surface area contributed by atoms with Crippen LogP contribution in [0.4, 0.5) is 4.79 Å². The number of carbonyl (C=O) groups is 3. The molecule has 0 aromatic heterocycles. The van der Waals surface area contributed by atoms with Gasteiger partial charge in [-0.25, -0.2) is 9.59 Å². The molecule has 0 unspecified atom stereocenters. The van der Waals surface area contributed by atoms with E-state index in [1.54, 1.807) is 55.5 Å². The van der Waals surface area contributed by atoms with Gasteiger partial charge in [-0.3, -0.25) is 4.79 Å². The first kappa shape index (κ1) is 22.9. The van der Waals surface area contributed by atoms with Crippen LogP contribution in [0.1, 0.15) is 54.0 Å². The maximum absolute atomic E-state index is 12.5. The van der Waals surface area contributed by atoms with Crippen molar-refractivity contribution in [3.8, 4) is 5.75 Å². The molecule has 0 aliphatic heterocycles. The molecule has 0 bridgehead atoms. The molecule has 2 amide bonds. The van der Waals surface area contributed by atoms with Gasteiger partial charge in [-0.2, -0.15) is 0 Å². The maximum Gasteiger partial charge on any atom is 0.338 e. The maximum atomic E-state index is 12.5. The predicted octanol–water partition coefficient (Wildman–Crippen LogP) is 3.72. The third-order valence-corrected chi connectivity index (χ3v) is 4.17. The van der Waals surface area contributed by atoms with Crippen LogP contribution in [0.2, 0.25) is 0 Å². The van der Waals surface area contributed by atoms with Crippen LogP contribution in [0.25, 0.3) is 0 Å². The van der Waals surface area contributed by atoms with Crippen molar-refractivity contribution >= 4 is 17.8 Å². The molecule has 0 heterocycles. The van der Waals surface area contributed by atoms with Crippen LogP contribution >= 0.6 is 0 Å². The summed E-state index contributed by atoms with van der Waals surface area (Å²) in [4.78, 5) is 36.5. The van der Waals surface area contributed by atoms with Gasteiger partial charge < -0.3 is 20.1 Å². The minimum absolute atomic E-state index is 0.0504. The SMILES string of the molecule is CCOc1ccc(C(=O)[C@@H](C)OC(=O)c2ccc(CNC(=O)NC(C)C)cc2)cc1. The molecule has 0 aliphatic rings. The summed E-state index contributed by atoms with van der Waals surface area (Å²) in [6.45, 7) is 8.06. The molecule has 160 valence electrons. The number of urea groups is 1. The van der Waals surface area contributed by atoms with Crippen LogP contribution in [-0.4, -0.2) is 36.5 Å². The van der Waals surface area contributed by atoms with Gasteiger partial charge in [0.2, 0.25) is 5.78 Å². The van der Waals surface area contributed by atoms with Crippen LogP contribution in [0.5, 0.6) is 5.75 Å². The molecule has 0 aliphatic carbocycles. The van der Waals surface area contributed by atoms with Gasteiger partial charge >= 0.3 is 12.0 Å². The van der Waals surface area contributed by atoms with Crippen molar-refractivity contribution in [3.63, 3.8) is 0 Å². The lowest BCUT2D eigenvalue weighted by Gasteiger charge is -2.13. The second-order valence-corrected chi connectivity index (χ2v) is 7.05. The Bertz CT molecular complexity index is 860. The molecule has 2 aromatic carbocycles. The predicted molar refractivity (Wildman–Crippen MR) is 114 cm³/mol. The lowest BCUT2D eigenvalue weighted by atomic mass is 10.1. The molecule has 0 saturated heterocycles. The molecule has 0 spiro atoms. The van der Waals surface area contributed by atoms with Gasteiger partial charge in [-0.1, -0.05) is 12.1 Å². The first-order chi connectivity index (χ1) is 14.3. The number of Topliss-reactive ketones (excluding diaryl/α,β-unsaturated/α-hetero) is 1. The Morgan fingerprint density at radius 3 is 2.07 bits per heavy atom. The van der Waals surface area contributed by atoms with Crippen molar-refractivity contribution in [2.24, 2.45) is 0 Å². The van der Waals surface area contributed by atoms with Gasteiger partial charge in [-0.15, -0.1) is 0 Å². The number of hydrogen-bond donors (Lipinski definition) is 2. The van der Waals surface area contributed by atoms with Crippen molar-refractivity contribution in [2.45, 2.75) is 46.4 Å².